The van der Waals surface area contributed by atoms with Gasteiger partial charge >= 0.3 is 0 Å². The molecule has 0 amide bonds. The molecule has 174 valence electrons. The van der Waals surface area contributed by atoms with Gasteiger partial charge in [0.15, 0.2) is 6.29 Å². The molecule has 4 rings (SSSR count). The van der Waals surface area contributed by atoms with Gasteiger partial charge in [-0.15, -0.1) is 0 Å². The number of hydrogen-bond acceptors (Lipinski definition) is 5. The SMILES string of the molecule is CN(C)C(=N/C(=C(\C=O)c1ccc2cn[nH]c2c1)c1ccc(C#N)c(F)c1)N1CCC(N)CC1. The number of nitrogens with one attached hydrogen (secondary N) is 1. The van der Waals surface area contributed by atoms with E-state index in [2.05, 4.69) is 15.1 Å². The summed E-state index contributed by atoms with van der Waals surface area (Å²) in [5.41, 5.74) is 8.41. The number of aldehydes is 1. The fourth-order valence-electron chi connectivity index (χ4n) is 4.05. The molecular weight excluding hydrogens is 433 g/mol. The Morgan fingerprint density at radius 2 is 2.00 bits per heavy atom. The van der Waals surface area contributed by atoms with E-state index >= 15 is 0 Å². The van der Waals surface area contributed by atoms with Crippen molar-refractivity contribution in [3.05, 3.63) is 65.1 Å². The summed E-state index contributed by atoms with van der Waals surface area (Å²) >= 11 is 0. The number of piperidine rings is 1. The van der Waals surface area contributed by atoms with Crippen LogP contribution in [0.4, 0.5) is 4.39 Å². The Kier molecular flexibility index (Phi) is 6.70. The lowest BCUT2D eigenvalue weighted by atomic mass is 9.99. The fraction of sp³-hybridized carbons (Fsp3) is 0.280. The van der Waals surface area contributed by atoms with Crippen molar-refractivity contribution in [1.82, 2.24) is 20.0 Å². The zero-order chi connectivity index (χ0) is 24.2. The smallest absolute Gasteiger partial charge is 0.201 e. The number of hydrogen-bond donors (Lipinski definition) is 2. The van der Waals surface area contributed by atoms with E-state index in [1.807, 2.05) is 43.3 Å². The number of fused-ring (bicyclic) bond motifs is 1. The van der Waals surface area contributed by atoms with Crippen molar-refractivity contribution in [2.24, 2.45) is 10.7 Å². The van der Waals surface area contributed by atoms with E-state index in [0.29, 0.717) is 28.4 Å². The van der Waals surface area contributed by atoms with Gasteiger partial charge in [0.1, 0.15) is 11.9 Å². The molecule has 2 aromatic carbocycles. The zero-order valence-corrected chi connectivity index (χ0v) is 19.1. The number of nitrogens with two attached hydrogens (primary N) is 1. The number of halogens is 1. The number of guanidine groups is 1. The van der Waals surface area contributed by atoms with Crippen molar-refractivity contribution in [3.63, 3.8) is 0 Å². The van der Waals surface area contributed by atoms with Crippen LogP contribution in [-0.2, 0) is 4.79 Å². The second-order valence-corrected chi connectivity index (χ2v) is 8.49. The standard InChI is InChI=1S/C25H26FN7O/c1-32(2)25(33-9-7-20(28)8-10-33)30-24(17-4-5-18(13-27)22(26)11-17)21(15-34)16-3-6-19-14-29-31-23(19)12-16/h3-6,11-12,14-15,20H,7-10,28H2,1-2H3,(H,29,31)/b24-21+,30-25?. The summed E-state index contributed by atoms with van der Waals surface area (Å²) in [5, 5.41) is 17.0. The third kappa shape index (κ3) is 4.67. The minimum absolute atomic E-state index is 0.0727. The highest BCUT2D eigenvalue weighted by atomic mass is 19.1. The van der Waals surface area contributed by atoms with Crippen LogP contribution in [0.15, 0.2) is 47.6 Å². The first kappa shape index (κ1) is 23.1. The molecular formula is C25H26FN7O. The molecule has 0 aliphatic carbocycles. The third-order valence-corrected chi connectivity index (χ3v) is 5.92. The zero-order valence-electron chi connectivity index (χ0n) is 19.1. The van der Waals surface area contributed by atoms with Crippen LogP contribution in [0.5, 0.6) is 0 Å². The molecule has 0 unspecified atom stereocenters. The van der Waals surface area contributed by atoms with Crippen molar-refractivity contribution in [2.45, 2.75) is 18.9 Å². The molecule has 3 N–H and O–H groups in total. The van der Waals surface area contributed by atoms with E-state index in [1.54, 1.807) is 12.3 Å². The summed E-state index contributed by atoms with van der Waals surface area (Å²) in [6, 6.07) is 11.7. The van der Waals surface area contributed by atoms with Gasteiger partial charge in [-0.1, -0.05) is 18.2 Å². The molecule has 1 saturated heterocycles. The van der Waals surface area contributed by atoms with Crippen LogP contribution >= 0.6 is 0 Å². The monoisotopic (exact) mass is 459 g/mol. The van der Waals surface area contributed by atoms with Crippen molar-refractivity contribution < 1.29 is 9.18 Å². The molecule has 1 aliphatic rings. The number of H-pyrrole nitrogens is 1. The number of aromatic amines is 1. The van der Waals surface area contributed by atoms with Gasteiger partial charge in [-0.3, -0.25) is 9.89 Å². The van der Waals surface area contributed by atoms with Crippen LogP contribution in [-0.4, -0.2) is 65.5 Å². The second kappa shape index (κ2) is 9.85. The average molecular weight is 460 g/mol. The maximum atomic E-state index is 14.6. The molecule has 0 bridgehead atoms. The Morgan fingerprint density at radius 1 is 1.26 bits per heavy atom. The van der Waals surface area contributed by atoms with E-state index in [-0.39, 0.29) is 11.6 Å². The van der Waals surface area contributed by atoms with Crippen molar-refractivity contribution in [3.8, 4) is 6.07 Å². The van der Waals surface area contributed by atoms with E-state index in [4.69, 9.17) is 16.0 Å². The number of benzene rings is 2. The van der Waals surface area contributed by atoms with Crippen molar-refractivity contribution in [2.75, 3.05) is 27.2 Å². The maximum Gasteiger partial charge on any atom is 0.201 e. The van der Waals surface area contributed by atoms with Gasteiger partial charge in [-0.2, -0.15) is 10.4 Å². The summed E-state index contributed by atoms with van der Waals surface area (Å²) in [4.78, 5) is 21.3. The minimum Gasteiger partial charge on any atom is -0.349 e. The highest BCUT2D eigenvalue weighted by Crippen LogP contribution is 2.30. The number of rotatable bonds is 4. The Labute approximate surface area is 197 Å². The van der Waals surface area contributed by atoms with Gasteiger partial charge in [0.25, 0.3) is 0 Å². The summed E-state index contributed by atoms with van der Waals surface area (Å²) in [6.07, 6.45) is 4.08. The number of aromatic nitrogens is 2. The average Bonchev–Trinajstić information content (AvgIpc) is 3.30. The fourth-order valence-corrected chi connectivity index (χ4v) is 4.05. The molecule has 1 fully saturated rings. The Hall–Kier alpha value is -4.03. The molecule has 8 nitrogen and oxygen atoms in total. The topological polar surface area (TPSA) is 114 Å². The van der Waals surface area contributed by atoms with E-state index in [1.165, 1.54) is 12.1 Å². The van der Waals surface area contributed by atoms with Crippen molar-refractivity contribution >= 4 is 34.4 Å². The first-order chi connectivity index (χ1) is 16.4. The first-order valence-corrected chi connectivity index (χ1v) is 11.0. The minimum atomic E-state index is -0.669. The maximum absolute atomic E-state index is 14.6. The lowest BCUT2D eigenvalue weighted by molar-refractivity contribution is -0.103. The predicted molar refractivity (Wildman–Crippen MR) is 130 cm³/mol. The molecule has 0 atom stereocenters. The number of allylic oxidation sites excluding steroid dienone is 1. The van der Waals surface area contributed by atoms with Crippen LogP contribution in [0.1, 0.15) is 29.5 Å². The Balaban J connectivity index is 1.93. The van der Waals surface area contributed by atoms with Crippen LogP contribution in [0.2, 0.25) is 0 Å². The molecule has 9 heteroatoms. The normalized spacial score (nSPS) is 15.7. The van der Waals surface area contributed by atoms with Crippen molar-refractivity contribution in [1.29, 1.82) is 5.26 Å². The van der Waals surface area contributed by atoms with Gasteiger partial charge in [0.05, 0.1) is 23.0 Å². The third-order valence-electron chi connectivity index (χ3n) is 5.92. The molecule has 1 aromatic heterocycles. The predicted octanol–water partition coefficient (Wildman–Crippen LogP) is 2.98. The molecule has 0 radical (unpaired) electrons. The van der Waals surface area contributed by atoms with Gasteiger partial charge in [0.2, 0.25) is 5.96 Å². The van der Waals surface area contributed by atoms with Gasteiger partial charge in [-0.05, 0) is 36.6 Å². The second-order valence-electron chi connectivity index (χ2n) is 8.49. The van der Waals surface area contributed by atoms with Crippen LogP contribution in [0.25, 0.3) is 22.2 Å². The van der Waals surface area contributed by atoms with E-state index in [9.17, 15) is 9.18 Å². The van der Waals surface area contributed by atoms with Crippen LogP contribution in [0, 0.1) is 17.1 Å². The largest absolute Gasteiger partial charge is 0.349 e. The summed E-state index contributed by atoms with van der Waals surface area (Å²) in [6.45, 7) is 1.45. The first-order valence-electron chi connectivity index (χ1n) is 11.0. The number of carbonyl (C=O) groups excluding carboxylic acids is 1. The highest BCUT2D eigenvalue weighted by molar-refractivity contribution is 6.18. The van der Waals surface area contributed by atoms with Gasteiger partial charge < -0.3 is 15.5 Å². The van der Waals surface area contributed by atoms with E-state index < -0.39 is 5.82 Å². The van der Waals surface area contributed by atoms with E-state index in [0.717, 1.165) is 43.1 Å². The molecule has 2 heterocycles. The number of nitriles is 1. The Bertz CT molecular complexity index is 1310. The summed E-state index contributed by atoms with van der Waals surface area (Å²) < 4.78 is 14.6. The lowest BCUT2D eigenvalue weighted by Gasteiger charge is -2.35. The lowest BCUT2D eigenvalue weighted by Crippen LogP contribution is -2.47. The number of carbonyl (C=O) groups is 1. The summed E-state index contributed by atoms with van der Waals surface area (Å²) in [7, 11) is 3.75. The van der Waals surface area contributed by atoms with Gasteiger partial charge in [-0.25, -0.2) is 9.38 Å². The quantitative estimate of drug-likeness (QED) is 0.204. The van der Waals surface area contributed by atoms with Gasteiger partial charge in [0, 0.05) is 49.7 Å². The van der Waals surface area contributed by atoms with Crippen LogP contribution < -0.4 is 5.73 Å². The van der Waals surface area contributed by atoms with Crippen LogP contribution in [0.3, 0.4) is 0 Å². The Morgan fingerprint density at radius 3 is 2.65 bits per heavy atom. The molecule has 0 saturated carbocycles. The number of likely N-dealkylation sites (tertiary alicyclic amines) is 1. The number of nitrogens with zero attached hydrogens (tertiary/aromatic N) is 5. The summed E-state index contributed by atoms with van der Waals surface area (Å²) in [5.74, 6) is -0.0223. The number of aliphatic imine (C=N–C) groups is 1. The molecule has 0 spiro atoms. The highest BCUT2D eigenvalue weighted by Gasteiger charge is 2.23. The molecule has 1 aliphatic heterocycles. The molecule has 34 heavy (non-hydrogen) atoms. The molecule has 3 aromatic rings.